The van der Waals surface area contributed by atoms with Crippen molar-refractivity contribution in [2.75, 3.05) is 7.11 Å². The molecule has 0 aliphatic heterocycles. The average Bonchev–Trinajstić information content (AvgIpc) is 2.53. The molecule has 0 amide bonds. The molecule has 2 aromatic rings. The molecule has 0 heterocycles. The van der Waals surface area contributed by atoms with E-state index in [-0.39, 0.29) is 5.75 Å². The minimum absolute atomic E-state index is 0.299. The number of fused-ring (bicyclic) bond motifs is 1. The molecule has 0 N–H and O–H groups in total. The topological polar surface area (TPSA) is 86.7 Å². The van der Waals surface area contributed by atoms with Gasteiger partial charge >= 0.3 is 31.3 Å². The van der Waals surface area contributed by atoms with Crippen molar-refractivity contribution in [2.24, 2.45) is 0 Å². The maximum Gasteiger partial charge on any atom is 0.534 e. The predicted molar refractivity (Wildman–Crippen MR) is 81.5 cm³/mol. The van der Waals surface area contributed by atoms with E-state index in [9.17, 15) is 43.2 Å². The standard InChI is InChI=1S/C11H7F3O3S.C2H3F3O3S/c12-11(13,14)18(15,16)17-10-7-3-5-8-4-1-2-6-9(8)10;1-8-9(6,7)2(3,4)5/h1-7H;1H3. The highest BCUT2D eigenvalue weighted by Crippen LogP contribution is 2.31. The highest BCUT2D eigenvalue weighted by atomic mass is 32.2. The van der Waals surface area contributed by atoms with E-state index in [1.807, 2.05) is 0 Å². The van der Waals surface area contributed by atoms with Gasteiger partial charge in [0.25, 0.3) is 0 Å². The monoisotopic (exact) mass is 440 g/mol. The van der Waals surface area contributed by atoms with Crippen LogP contribution in [-0.2, 0) is 24.4 Å². The van der Waals surface area contributed by atoms with E-state index in [1.165, 1.54) is 18.2 Å². The van der Waals surface area contributed by atoms with E-state index >= 15 is 0 Å². The minimum atomic E-state index is -5.64. The number of halogens is 6. The van der Waals surface area contributed by atoms with Gasteiger partial charge in [-0.15, -0.1) is 0 Å². The van der Waals surface area contributed by atoms with Crippen LogP contribution < -0.4 is 4.18 Å². The van der Waals surface area contributed by atoms with E-state index in [0.717, 1.165) is 0 Å². The van der Waals surface area contributed by atoms with E-state index < -0.39 is 31.3 Å². The Morgan fingerprint density at radius 1 is 0.741 bits per heavy atom. The predicted octanol–water partition coefficient (Wildman–Crippen LogP) is 3.55. The van der Waals surface area contributed by atoms with Gasteiger partial charge in [-0.25, -0.2) is 0 Å². The van der Waals surface area contributed by atoms with Gasteiger partial charge in [-0.2, -0.15) is 43.2 Å². The third-order valence-corrected chi connectivity index (χ3v) is 4.71. The van der Waals surface area contributed by atoms with Gasteiger partial charge in [-0.3, -0.25) is 4.18 Å². The molecule has 0 unspecified atom stereocenters. The minimum Gasteiger partial charge on any atom is -0.375 e. The highest BCUT2D eigenvalue weighted by Gasteiger charge is 2.48. The molecule has 152 valence electrons. The molecule has 0 fully saturated rings. The van der Waals surface area contributed by atoms with Crippen molar-refractivity contribution in [3.63, 3.8) is 0 Å². The van der Waals surface area contributed by atoms with Gasteiger partial charge in [-0.05, 0) is 11.5 Å². The van der Waals surface area contributed by atoms with Gasteiger partial charge in [0.15, 0.2) is 5.75 Å². The summed E-state index contributed by atoms with van der Waals surface area (Å²) in [5, 5.41) is 0.889. The lowest BCUT2D eigenvalue weighted by Gasteiger charge is -2.11. The summed E-state index contributed by atoms with van der Waals surface area (Å²) >= 11 is 0. The first-order valence-electron chi connectivity index (χ1n) is 6.48. The molecule has 0 saturated carbocycles. The van der Waals surface area contributed by atoms with E-state index in [0.29, 0.717) is 17.9 Å². The van der Waals surface area contributed by atoms with Crippen LogP contribution in [0.1, 0.15) is 0 Å². The van der Waals surface area contributed by atoms with Gasteiger partial charge < -0.3 is 4.18 Å². The molecule has 0 bridgehead atoms. The summed E-state index contributed by atoms with van der Waals surface area (Å²) in [6.45, 7) is 0. The summed E-state index contributed by atoms with van der Waals surface area (Å²) in [5.74, 6) is -0.342. The lowest BCUT2D eigenvalue weighted by molar-refractivity contribution is -0.0527. The molecular weight excluding hydrogens is 430 g/mol. The van der Waals surface area contributed by atoms with Crippen molar-refractivity contribution in [3.8, 4) is 5.75 Å². The SMILES string of the molecule is COS(=O)(=O)C(F)(F)F.O=S(=O)(Oc1cccc2ccccc12)C(F)(F)F. The van der Waals surface area contributed by atoms with E-state index in [1.54, 1.807) is 24.3 Å². The van der Waals surface area contributed by atoms with Crippen LogP contribution in [0.2, 0.25) is 0 Å². The Kier molecular flexibility index (Phi) is 6.72. The highest BCUT2D eigenvalue weighted by molar-refractivity contribution is 7.88. The largest absolute Gasteiger partial charge is 0.534 e. The number of benzene rings is 2. The van der Waals surface area contributed by atoms with Crippen molar-refractivity contribution < 1.29 is 51.5 Å². The summed E-state index contributed by atoms with van der Waals surface area (Å²) in [4.78, 5) is 0. The van der Waals surface area contributed by atoms with Crippen LogP contribution in [0, 0.1) is 0 Å². The molecule has 6 nitrogen and oxygen atoms in total. The zero-order valence-corrected chi connectivity index (χ0v) is 14.7. The summed E-state index contributed by atoms with van der Waals surface area (Å²) < 4.78 is 118. The van der Waals surface area contributed by atoms with Crippen LogP contribution in [0.15, 0.2) is 42.5 Å². The summed E-state index contributed by atoms with van der Waals surface area (Å²) in [6, 6.07) is 10.6. The number of rotatable bonds is 3. The average molecular weight is 440 g/mol. The first-order valence-corrected chi connectivity index (χ1v) is 9.29. The normalized spacial score (nSPS) is 13.0. The maximum atomic E-state index is 12.2. The van der Waals surface area contributed by atoms with Crippen LogP contribution >= 0.6 is 0 Å². The molecular formula is C13H10F6O6S2. The summed E-state index contributed by atoms with van der Waals surface area (Å²) in [6.07, 6.45) is 0. The summed E-state index contributed by atoms with van der Waals surface area (Å²) in [7, 11) is -10.5. The fourth-order valence-electron chi connectivity index (χ4n) is 1.53. The second-order valence-corrected chi connectivity index (χ2v) is 7.77. The Hall–Kier alpha value is -2.06. The molecule has 0 saturated heterocycles. The van der Waals surface area contributed by atoms with Crippen molar-refractivity contribution in [3.05, 3.63) is 42.5 Å². The van der Waals surface area contributed by atoms with Crippen molar-refractivity contribution >= 4 is 31.0 Å². The van der Waals surface area contributed by atoms with Crippen LogP contribution in [0.4, 0.5) is 26.3 Å². The van der Waals surface area contributed by atoms with E-state index in [4.69, 9.17) is 0 Å². The molecule has 0 aliphatic carbocycles. The fraction of sp³-hybridized carbons (Fsp3) is 0.231. The smallest absolute Gasteiger partial charge is 0.375 e. The quantitative estimate of drug-likeness (QED) is 0.412. The number of hydrogen-bond acceptors (Lipinski definition) is 6. The van der Waals surface area contributed by atoms with Gasteiger partial charge in [0, 0.05) is 5.39 Å². The molecule has 0 radical (unpaired) electrons. The maximum absolute atomic E-state index is 12.2. The number of alkyl halides is 6. The fourth-order valence-corrected chi connectivity index (χ4v) is 2.19. The Morgan fingerprint density at radius 2 is 1.22 bits per heavy atom. The Balaban J connectivity index is 0.000000345. The van der Waals surface area contributed by atoms with E-state index in [2.05, 4.69) is 8.37 Å². The lowest BCUT2D eigenvalue weighted by Crippen LogP contribution is -2.28. The van der Waals surface area contributed by atoms with Crippen molar-refractivity contribution in [2.45, 2.75) is 11.0 Å². The van der Waals surface area contributed by atoms with Gasteiger partial charge in [0.1, 0.15) is 0 Å². The van der Waals surface area contributed by atoms with Gasteiger partial charge in [0.2, 0.25) is 0 Å². The molecule has 14 heteroatoms. The van der Waals surface area contributed by atoms with Gasteiger partial charge in [-0.1, -0.05) is 36.4 Å². The molecule has 2 aromatic carbocycles. The van der Waals surface area contributed by atoms with Gasteiger partial charge in [0.05, 0.1) is 7.11 Å². The molecule has 0 spiro atoms. The zero-order valence-electron chi connectivity index (χ0n) is 13.1. The Labute approximate surface area is 149 Å². The van der Waals surface area contributed by atoms with Crippen LogP contribution in [0.5, 0.6) is 5.75 Å². The molecule has 0 atom stereocenters. The zero-order chi connectivity index (χ0) is 21.1. The third-order valence-electron chi connectivity index (χ3n) is 2.74. The third kappa shape index (κ3) is 5.71. The van der Waals surface area contributed by atoms with Crippen molar-refractivity contribution in [1.29, 1.82) is 0 Å². The molecule has 2 rings (SSSR count). The van der Waals surface area contributed by atoms with Crippen molar-refractivity contribution in [1.82, 2.24) is 0 Å². The van der Waals surface area contributed by atoms with Crippen LogP contribution in [0.25, 0.3) is 10.8 Å². The first-order chi connectivity index (χ1) is 12.1. The molecule has 0 aromatic heterocycles. The second kappa shape index (κ2) is 7.90. The Morgan fingerprint density at radius 3 is 1.67 bits per heavy atom. The number of hydrogen-bond donors (Lipinski definition) is 0. The Bertz CT molecular complexity index is 991. The molecule has 0 aliphatic rings. The summed E-state index contributed by atoms with van der Waals surface area (Å²) in [5.41, 5.74) is -10.7. The first kappa shape index (κ1) is 23.0. The van der Waals surface area contributed by atoms with Crippen LogP contribution in [-0.4, -0.2) is 35.0 Å². The lowest BCUT2D eigenvalue weighted by atomic mass is 10.1. The second-order valence-electron chi connectivity index (χ2n) is 4.53. The van der Waals surface area contributed by atoms with Crippen LogP contribution in [0.3, 0.4) is 0 Å². The molecule has 27 heavy (non-hydrogen) atoms.